The van der Waals surface area contributed by atoms with E-state index in [1.54, 1.807) is 11.5 Å². The summed E-state index contributed by atoms with van der Waals surface area (Å²) < 4.78 is 6.77. The zero-order valence-electron chi connectivity index (χ0n) is 14.9. The fourth-order valence-electron chi connectivity index (χ4n) is 2.64. The second-order valence-corrected chi connectivity index (χ2v) is 6.35. The minimum Gasteiger partial charge on any atom is -0.462 e. The highest BCUT2D eigenvalue weighted by atomic mass is 32.2. The maximum atomic E-state index is 12.7. The number of rotatable bonds is 5. The standard InChI is InChI=1S/C19H19N3O3S/c1-4-12-6-8-13(9-7-12)22-11-15(18(24)25-5-2)16(23)14-10-20-19(26-3)21-17(14)22/h6-11H,4-5H2,1-3H3. The Kier molecular flexibility index (Phi) is 5.37. The zero-order chi connectivity index (χ0) is 18.7. The van der Waals surface area contributed by atoms with Gasteiger partial charge in [0.25, 0.3) is 0 Å². The number of hydrogen-bond acceptors (Lipinski definition) is 6. The van der Waals surface area contributed by atoms with Gasteiger partial charge >= 0.3 is 5.97 Å². The number of fused-ring (bicyclic) bond motifs is 1. The number of hydrogen-bond donors (Lipinski definition) is 0. The van der Waals surface area contributed by atoms with Gasteiger partial charge in [0.05, 0.1) is 12.0 Å². The summed E-state index contributed by atoms with van der Waals surface area (Å²) in [6.07, 6.45) is 5.77. The predicted octanol–water partition coefficient (Wildman–Crippen LogP) is 3.24. The van der Waals surface area contributed by atoms with E-state index in [0.717, 1.165) is 12.1 Å². The van der Waals surface area contributed by atoms with E-state index in [2.05, 4.69) is 16.9 Å². The van der Waals surface area contributed by atoms with Gasteiger partial charge in [-0.05, 0) is 37.3 Å². The highest BCUT2D eigenvalue weighted by Crippen LogP contribution is 2.19. The molecule has 2 heterocycles. The van der Waals surface area contributed by atoms with Crippen molar-refractivity contribution in [2.45, 2.75) is 25.4 Å². The van der Waals surface area contributed by atoms with Crippen LogP contribution in [0.3, 0.4) is 0 Å². The van der Waals surface area contributed by atoms with Crippen molar-refractivity contribution >= 4 is 28.8 Å². The molecular weight excluding hydrogens is 350 g/mol. The van der Waals surface area contributed by atoms with E-state index in [9.17, 15) is 9.59 Å². The van der Waals surface area contributed by atoms with Gasteiger partial charge in [-0.1, -0.05) is 30.8 Å². The van der Waals surface area contributed by atoms with E-state index >= 15 is 0 Å². The summed E-state index contributed by atoms with van der Waals surface area (Å²) in [5.74, 6) is -0.646. The molecule has 0 saturated carbocycles. The summed E-state index contributed by atoms with van der Waals surface area (Å²) in [7, 11) is 0. The molecule has 0 amide bonds. The summed E-state index contributed by atoms with van der Waals surface area (Å²) >= 11 is 1.39. The largest absolute Gasteiger partial charge is 0.462 e. The van der Waals surface area contributed by atoms with Crippen LogP contribution in [-0.2, 0) is 11.2 Å². The monoisotopic (exact) mass is 369 g/mol. The Morgan fingerprint density at radius 2 is 1.96 bits per heavy atom. The van der Waals surface area contributed by atoms with E-state index in [1.165, 1.54) is 29.7 Å². The summed E-state index contributed by atoms with van der Waals surface area (Å²) in [6.45, 7) is 3.98. The van der Waals surface area contributed by atoms with Crippen LogP contribution in [0.4, 0.5) is 0 Å². The lowest BCUT2D eigenvalue weighted by atomic mass is 10.1. The van der Waals surface area contributed by atoms with Crippen molar-refractivity contribution < 1.29 is 9.53 Å². The van der Waals surface area contributed by atoms with Gasteiger partial charge in [0.2, 0.25) is 5.43 Å². The first-order chi connectivity index (χ1) is 12.6. The maximum Gasteiger partial charge on any atom is 0.343 e. The Hall–Kier alpha value is -2.67. The van der Waals surface area contributed by atoms with Crippen molar-refractivity contribution in [1.29, 1.82) is 0 Å². The topological polar surface area (TPSA) is 74.1 Å². The number of thioether (sulfide) groups is 1. The lowest BCUT2D eigenvalue weighted by Crippen LogP contribution is -2.21. The molecule has 0 fully saturated rings. The summed E-state index contributed by atoms with van der Waals surface area (Å²) in [6, 6.07) is 7.91. The zero-order valence-corrected chi connectivity index (χ0v) is 15.7. The van der Waals surface area contributed by atoms with Gasteiger partial charge in [0, 0.05) is 18.1 Å². The van der Waals surface area contributed by atoms with E-state index in [4.69, 9.17) is 4.74 Å². The van der Waals surface area contributed by atoms with Crippen molar-refractivity contribution in [1.82, 2.24) is 14.5 Å². The average Bonchev–Trinajstić information content (AvgIpc) is 2.68. The van der Waals surface area contributed by atoms with Crippen molar-refractivity contribution in [2.75, 3.05) is 12.9 Å². The molecule has 3 rings (SSSR count). The van der Waals surface area contributed by atoms with Crippen molar-refractivity contribution in [3.63, 3.8) is 0 Å². The lowest BCUT2D eigenvalue weighted by molar-refractivity contribution is 0.0524. The van der Waals surface area contributed by atoms with Crippen LogP contribution in [0.2, 0.25) is 0 Å². The van der Waals surface area contributed by atoms with Crippen LogP contribution >= 0.6 is 11.8 Å². The first kappa shape index (κ1) is 18.1. The number of benzene rings is 1. The van der Waals surface area contributed by atoms with Gasteiger partial charge in [0.15, 0.2) is 10.8 Å². The molecule has 0 unspecified atom stereocenters. The van der Waals surface area contributed by atoms with Crippen LogP contribution in [0, 0.1) is 0 Å². The Balaban J connectivity index is 2.31. The number of nitrogens with zero attached hydrogens (tertiary/aromatic N) is 3. The molecule has 0 bridgehead atoms. The molecule has 0 aliphatic carbocycles. The van der Waals surface area contributed by atoms with Crippen molar-refractivity contribution in [3.8, 4) is 5.69 Å². The Morgan fingerprint density at radius 3 is 2.58 bits per heavy atom. The summed E-state index contributed by atoms with van der Waals surface area (Å²) in [5.41, 5.74) is 2.02. The van der Waals surface area contributed by atoms with Gasteiger partial charge in [-0.2, -0.15) is 0 Å². The third-order valence-corrected chi connectivity index (χ3v) is 4.58. The van der Waals surface area contributed by atoms with Gasteiger partial charge in [-0.25, -0.2) is 14.8 Å². The van der Waals surface area contributed by atoms with Crippen molar-refractivity contribution in [2.24, 2.45) is 0 Å². The molecule has 0 spiro atoms. The molecule has 0 atom stereocenters. The number of carbonyl (C=O) groups excluding carboxylic acids is 1. The second kappa shape index (κ2) is 7.70. The van der Waals surface area contributed by atoms with Crippen molar-refractivity contribution in [3.05, 3.63) is 58.0 Å². The molecule has 0 N–H and O–H groups in total. The Morgan fingerprint density at radius 1 is 1.23 bits per heavy atom. The molecule has 1 aromatic carbocycles. The summed E-state index contributed by atoms with van der Waals surface area (Å²) in [4.78, 5) is 33.6. The van der Waals surface area contributed by atoms with Crippen LogP contribution in [-0.4, -0.2) is 33.4 Å². The number of aromatic nitrogens is 3. The molecule has 6 nitrogen and oxygen atoms in total. The van der Waals surface area contributed by atoms with Crippen LogP contribution in [0.15, 0.2) is 46.6 Å². The van der Waals surface area contributed by atoms with E-state index in [-0.39, 0.29) is 17.6 Å². The van der Waals surface area contributed by atoms with Crippen LogP contribution in [0.5, 0.6) is 0 Å². The highest BCUT2D eigenvalue weighted by molar-refractivity contribution is 7.98. The first-order valence-corrected chi connectivity index (χ1v) is 9.54. The smallest absolute Gasteiger partial charge is 0.343 e. The van der Waals surface area contributed by atoms with E-state index < -0.39 is 11.4 Å². The molecule has 2 aromatic heterocycles. The number of ether oxygens (including phenoxy) is 1. The van der Waals surface area contributed by atoms with E-state index in [1.807, 2.05) is 30.5 Å². The SMILES string of the molecule is CCOC(=O)c1cn(-c2ccc(CC)cc2)c2nc(SC)ncc2c1=O. The molecule has 0 aliphatic rings. The number of carbonyl (C=O) groups is 1. The predicted molar refractivity (Wildman–Crippen MR) is 102 cm³/mol. The Bertz CT molecular complexity index is 1010. The van der Waals surface area contributed by atoms with Gasteiger partial charge in [-0.15, -0.1) is 0 Å². The first-order valence-electron chi connectivity index (χ1n) is 8.31. The van der Waals surface area contributed by atoms with Crippen LogP contribution < -0.4 is 5.43 Å². The average molecular weight is 369 g/mol. The molecule has 134 valence electrons. The number of aryl methyl sites for hydroxylation is 1. The lowest BCUT2D eigenvalue weighted by Gasteiger charge is -2.13. The molecule has 0 aliphatic heterocycles. The molecule has 7 heteroatoms. The minimum atomic E-state index is -0.646. The maximum absolute atomic E-state index is 12.7. The summed E-state index contributed by atoms with van der Waals surface area (Å²) in [5, 5.41) is 0.840. The van der Waals surface area contributed by atoms with Gasteiger partial charge < -0.3 is 9.30 Å². The second-order valence-electron chi connectivity index (χ2n) is 5.58. The molecule has 0 saturated heterocycles. The van der Waals surface area contributed by atoms with Crippen LogP contribution in [0.25, 0.3) is 16.7 Å². The molecular formula is C19H19N3O3S. The number of pyridine rings is 1. The fraction of sp³-hybridized carbons (Fsp3) is 0.263. The Labute approximate surface area is 155 Å². The van der Waals surface area contributed by atoms with Gasteiger partial charge in [-0.3, -0.25) is 4.79 Å². The van der Waals surface area contributed by atoms with E-state index in [0.29, 0.717) is 10.8 Å². The number of esters is 1. The quantitative estimate of drug-likeness (QED) is 0.390. The normalized spacial score (nSPS) is 10.9. The molecule has 26 heavy (non-hydrogen) atoms. The molecule has 3 aromatic rings. The van der Waals surface area contributed by atoms with Gasteiger partial charge in [0.1, 0.15) is 5.56 Å². The minimum absolute atomic E-state index is 0.0283. The third-order valence-electron chi connectivity index (χ3n) is 4.02. The fourth-order valence-corrected chi connectivity index (χ4v) is 2.97. The third kappa shape index (κ3) is 3.35. The highest BCUT2D eigenvalue weighted by Gasteiger charge is 2.18. The van der Waals surface area contributed by atoms with Crippen LogP contribution in [0.1, 0.15) is 29.8 Å². The molecule has 0 radical (unpaired) electrons.